The van der Waals surface area contributed by atoms with Gasteiger partial charge in [-0.2, -0.15) is 0 Å². The maximum atomic E-state index is 14.5. The van der Waals surface area contributed by atoms with Crippen LogP contribution < -0.4 is 15.5 Å². The van der Waals surface area contributed by atoms with E-state index >= 15 is 0 Å². The lowest BCUT2D eigenvalue weighted by Crippen LogP contribution is -2.49. The van der Waals surface area contributed by atoms with Crippen molar-refractivity contribution in [1.29, 1.82) is 0 Å². The Morgan fingerprint density at radius 1 is 1.31 bits per heavy atom. The molecule has 3 atom stereocenters. The minimum Gasteiger partial charge on any atom is -0.406 e. The van der Waals surface area contributed by atoms with Crippen molar-refractivity contribution in [2.75, 3.05) is 11.9 Å². The largest absolute Gasteiger partial charge is 0.573 e. The molecule has 0 aliphatic carbocycles. The van der Waals surface area contributed by atoms with Crippen molar-refractivity contribution < 1.29 is 41.9 Å². The van der Waals surface area contributed by atoms with Crippen LogP contribution in [0.25, 0.3) is 0 Å². The summed E-state index contributed by atoms with van der Waals surface area (Å²) >= 11 is 0. The third-order valence-corrected chi connectivity index (χ3v) is 5.07. The lowest BCUT2D eigenvalue weighted by atomic mass is 9.94. The normalized spacial score (nSPS) is 18.1. The number of hydroxylamine groups is 1. The first-order chi connectivity index (χ1) is 15.1. The molecule has 12 heteroatoms. The number of rotatable bonds is 9. The summed E-state index contributed by atoms with van der Waals surface area (Å²) in [6.07, 6.45) is -5.34. The number of nitrogens with zero attached hydrogens (tertiary/aromatic N) is 1. The van der Waals surface area contributed by atoms with E-state index in [1.165, 1.54) is 22.5 Å². The van der Waals surface area contributed by atoms with Gasteiger partial charge in [0.15, 0.2) is 6.17 Å². The maximum absolute atomic E-state index is 14.5. The summed E-state index contributed by atoms with van der Waals surface area (Å²) in [5.74, 6) is -4.64. The molecule has 3 N–H and O–H groups in total. The van der Waals surface area contributed by atoms with Crippen molar-refractivity contribution >= 4 is 23.4 Å². The van der Waals surface area contributed by atoms with Crippen LogP contribution in [-0.4, -0.2) is 52.9 Å². The second-order valence-electron chi connectivity index (χ2n) is 7.38. The number of carbonyl (C=O) groups is 3. The first-order valence-corrected chi connectivity index (χ1v) is 10.1. The molecule has 1 heterocycles. The van der Waals surface area contributed by atoms with Gasteiger partial charge >= 0.3 is 6.36 Å². The second kappa shape index (κ2) is 11.1. The molecule has 8 nitrogen and oxygen atoms in total. The Labute approximate surface area is 181 Å². The lowest BCUT2D eigenvalue weighted by molar-refractivity contribution is -0.274. The Morgan fingerprint density at radius 2 is 2.03 bits per heavy atom. The van der Waals surface area contributed by atoms with Crippen molar-refractivity contribution in [3.8, 4) is 5.75 Å². The van der Waals surface area contributed by atoms with E-state index in [0.717, 1.165) is 12.1 Å². The van der Waals surface area contributed by atoms with Crippen molar-refractivity contribution in [2.45, 2.75) is 57.6 Å². The molecule has 0 saturated carbocycles. The highest BCUT2D eigenvalue weighted by Crippen LogP contribution is 2.28. The molecule has 0 unspecified atom stereocenters. The summed E-state index contributed by atoms with van der Waals surface area (Å²) < 4.78 is 55.6. The van der Waals surface area contributed by atoms with E-state index in [4.69, 9.17) is 5.21 Å². The summed E-state index contributed by atoms with van der Waals surface area (Å²) in [6, 6.07) is 3.69. The average Bonchev–Trinajstić information content (AvgIpc) is 3.22. The van der Waals surface area contributed by atoms with Gasteiger partial charge in [-0.05, 0) is 31.4 Å². The number of anilines is 1. The molecule has 1 fully saturated rings. The van der Waals surface area contributed by atoms with Gasteiger partial charge in [0.25, 0.3) is 5.91 Å². The van der Waals surface area contributed by atoms with E-state index < -0.39 is 48.0 Å². The number of alkyl halides is 4. The number of halogens is 4. The zero-order valence-electron chi connectivity index (χ0n) is 17.3. The van der Waals surface area contributed by atoms with Crippen molar-refractivity contribution in [3.05, 3.63) is 24.3 Å². The van der Waals surface area contributed by atoms with Gasteiger partial charge in [0.05, 0.1) is 5.92 Å². The third kappa shape index (κ3) is 6.81. The fourth-order valence-electron chi connectivity index (χ4n) is 3.58. The fraction of sp³-hybridized carbons (Fsp3) is 0.550. The molecule has 2 rings (SSSR count). The summed E-state index contributed by atoms with van der Waals surface area (Å²) in [5, 5.41) is 11.2. The zero-order chi connectivity index (χ0) is 23.9. The van der Waals surface area contributed by atoms with E-state index in [9.17, 15) is 31.9 Å². The molecule has 0 aromatic heterocycles. The predicted octanol–water partition coefficient (Wildman–Crippen LogP) is 3.16. The topological polar surface area (TPSA) is 108 Å². The van der Waals surface area contributed by atoms with Crippen LogP contribution in [0.5, 0.6) is 5.75 Å². The van der Waals surface area contributed by atoms with E-state index in [-0.39, 0.29) is 25.1 Å². The molecule has 0 radical (unpaired) electrons. The molecule has 1 aliphatic heterocycles. The number of likely N-dealkylation sites (tertiary alicyclic amines) is 1. The number of carbonyl (C=O) groups excluding carboxylic acids is 3. The number of nitrogens with one attached hydrogen (secondary N) is 2. The quantitative estimate of drug-likeness (QED) is 0.296. The van der Waals surface area contributed by atoms with Gasteiger partial charge < -0.3 is 15.0 Å². The Balaban J connectivity index is 2.14. The number of hydrogen-bond donors (Lipinski definition) is 3. The van der Waals surface area contributed by atoms with Crippen molar-refractivity contribution in [3.63, 3.8) is 0 Å². The smallest absolute Gasteiger partial charge is 0.406 e. The molecule has 178 valence electrons. The van der Waals surface area contributed by atoms with E-state index in [2.05, 4.69) is 10.1 Å². The van der Waals surface area contributed by atoms with Crippen LogP contribution in [0.2, 0.25) is 0 Å². The second-order valence-corrected chi connectivity index (χ2v) is 7.38. The highest BCUT2D eigenvalue weighted by molar-refractivity contribution is 5.98. The van der Waals surface area contributed by atoms with Gasteiger partial charge in [0.2, 0.25) is 11.8 Å². The minimum atomic E-state index is -4.89. The van der Waals surface area contributed by atoms with E-state index in [1.54, 1.807) is 0 Å². The van der Waals surface area contributed by atoms with Gasteiger partial charge in [0, 0.05) is 18.3 Å². The van der Waals surface area contributed by atoms with Crippen LogP contribution in [0, 0.1) is 5.92 Å². The summed E-state index contributed by atoms with van der Waals surface area (Å²) in [4.78, 5) is 38.4. The van der Waals surface area contributed by atoms with Crippen LogP contribution in [-0.2, 0) is 14.4 Å². The summed E-state index contributed by atoms with van der Waals surface area (Å²) in [5.41, 5.74) is 1.23. The van der Waals surface area contributed by atoms with E-state index in [1.807, 2.05) is 6.92 Å². The third-order valence-electron chi connectivity index (χ3n) is 5.07. The van der Waals surface area contributed by atoms with Gasteiger partial charge in [-0.25, -0.2) is 9.87 Å². The molecule has 0 spiro atoms. The van der Waals surface area contributed by atoms with Gasteiger partial charge in [-0.15, -0.1) is 13.2 Å². The van der Waals surface area contributed by atoms with Crippen LogP contribution in [0.3, 0.4) is 0 Å². The highest BCUT2D eigenvalue weighted by atomic mass is 19.4. The Morgan fingerprint density at radius 3 is 2.66 bits per heavy atom. The lowest BCUT2D eigenvalue weighted by Gasteiger charge is -2.29. The fourth-order valence-corrected chi connectivity index (χ4v) is 3.58. The molecule has 1 aliphatic rings. The molecule has 32 heavy (non-hydrogen) atoms. The molecule has 1 saturated heterocycles. The maximum Gasteiger partial charge on any atom is 0.573 e. The SMILES string of the molecule is CCCC[C@@H](C(=O)N1CCC[C@H]1C(=O)Nc1cccc(OC(F)(F)F)c1)[C@@H](F)C(=O)NO. The van der Waals surface area contributed by atoms with Crippen LogP contribution >= 0.6 is 0 Å². The molecule has 1 aromatic carbocycles. The van der Waals surface area contributed by atoms with Crippen LogP contribution in [0.15, 0.2) is 24.3 Å². The number of unbranched alkanes of at least 4 members (excludes halogenated alkanes) is 1. The first-order valence-electron chi connectivity index (χ1n) is 10.1. The Kier molecular flexibility index (Phi) is 8.81. The Hall–Kier alpha value is -2.89. The van der Waals surface area contributed by atoms with Gasteiger partial charge in [-0.3, -0.25) is 19.6 Å². The summed E-state index contributed by atoms with van der Waals surface area (Å²) in [7, 11) is 0. The monoisotopic (exact) mass is 463 g/mol. The number of amides is 3. The molecule has 3 amide bonds. The van der Waals surface area contributed by atoms with Crippen molar-refractivity contribution in [2.24, 2.45) is 5.92 Å². The number of benzene rings is 1. The minimum absolute atomic E-state index is 0.0293. The van der Waals surface area contributed by atoms with Crippen LogP contribution in [0.4, 0.5) is 23.2 Å². The zero-order valence-corrected chi connectivity index (χ0v) is 17.3. The molecular formula is C20H25F4N3O5. The number of hydrogen-bond acceptors (Lipinski definition) is 5. The highest BCUT2D eigenvalue weighted by Gasteiger charge is 2.41. The predicted molar refractivity (Wildman–Crippen MR) is 104 cm³/mol. The molecular weight excluding hydrogens is 438 g/mol. The summed E-state index contributed by atoms with van der Waals surface area (Å²) in [6.45, 7) is 1.98. The first kappa shape index (κ1) is 25.4. The van der Waals surface area contributed by atoms with Gasteiger partial charge in [-0.1, -0.05) is 25.8 Å². The van der Waals surface area contributed by atoms with Crippen LogP contribution in [0.1, 0.15) is 39.0 Å². The standard InChI is InChI=1S/C20H25F4N3O5/c1-2-3-8-14(16(21)18(29)26-31)19(30)27-10-5-9-15(27)17(28)25-12-6-4-7-13(11-12)32-20(22,23)24/h4,6-7,11,14-16,31H,2-3,5,8-10H2,1H3,(H,25,28)(H,26,29)/t14-,15+,16-/m1/s1. The van der Waals surface area contributed by atoms with Gasteiger partial charge in [0.1, 0.15) is 11.8 Å². The average molecular weight is 463 g/mol. The number of ether oxygens (including phenoxy) is 1. The van der Waals surface area contributed by atoms with E-state index in [0.29, 0.717) is 19.3 Å². The Bertz CT molecular complexity index is 821. The molecule has 1 aromatic rings. The molecule has 0 bridgehead atoms. The van der Waals surface area contributed by atoms with Crippen molar-refractivity contribution in [1.82, 2.24) is 10.4 Å².